The molecule has 2 N–H and O–H groups in total. The Hall–Kier alpha value is -1.39. The van der Waals surface area contributed by atoms with Crippen LogP contribution in [-0.4, -0.2) is 29.2 Å². The first-order valence-electron chi connectivity index (χ1n) is 5.68. The van der Waals surface area contributed by atoms with Gasteiger partial charge in [-0.2, -0.15) is 0 Å². The van der Waals surface area contributed by atoms with E-state index in [1.165, 1.54) is 0 Å². The van der Waals surface area contributed by atoms with E-state index in [0.29, 0.717) is 0 Å². The van der Waals surface area contributed by atoms with Crippen molar-refractivity contribution in [3.63, 3.8) is 0 Å². The molecule has 2 rings (SSSR count). The third-order valence-corrected chi connectivity index (χ3v) is 3.61. The molecular formula is C11H16N2O3. The van der Waals surface area contributed by atoms with Crippen LogP contribution < -0.4 is 5.73 Å². The molecule has 0 aromatic heterocycles. The summed E-state index contributed by atoms with van der Waals surface area (Å²) in [4.78, 5) is 35.6. The Morgan fingerprint density at radius 1 is 1.25 bits per heavy atom. The van der Waals surface area contributed by atoms with Gasteiger partial charge in [-0.15, -0.1) is 0 Å². The quantitative estimate of drug-likeness (QED) is 0.679. The number of carbonyl (C=O) groups is 3. The Bertz CT molecular complexity index is 345. The van der Waals surface area contributed by atoms with Gasteiger partial charge >= 0.3 is 0 Å². The molecule has 1 saturated heterocycles. The molecule has 5 nitrogen and oxygen atoms in total. The third-order valence-electron chi connectivity index (χ3n) is 3.61. The maximum absolute atomic E-state index is 12.1. The fourth-order valence-corrected chi connectivity index (χ4v) is 2.80. The van der Waals surface area contributed by atoms with Crippen LogP contribution in [0.1, 0.15) is 38.5 Å². The van der Waals surface area contributed by atoms with Gasteiger partial charge in [-0.25, -0.2) is 0 Å². The SMILES string of the molecule is NC(=O)CN1C(=O)CC2(CCCCC2)C1=O. The second-order valence-electron chi connectivity index (χ2n) is 4.77. The minimum Gasteiger partial charge on any atom is -0.368 e. The lowest BCUT2D eigenvalue weighted by Crippen LogP contribution is -2.41. The number of primary amides is 1. The molecule has 1 aliphatic carbocycles. The number of rotatable bonds is 2. The van der Waals surface area contributed by atoms with E-state index < -0.39 is 11.3 Å². The van der Waals surface area contributed by atoms with E-state index in [4.69, 9.17) is 5.73 Å². The summed E-state index contributed by atoms with van der Waals surface area (Å²) < 4.78 is 0. The van der Waals surface area contributed by atoms with Crippen LogP contribution in [-0.2, 0) is 14.4 Å². The molecule has 2 aliphatic rings. The summed E-state index contributed by atoms with van der Waals surface area (Å²) in [5, 5.41) is 0. The normalized spacial score (nSPS) is 24.1. The van der Waals surface area contributed by atoms with E-state index in [1.54, 1.807) is 0 Å². The molecule has 0 radical (unpaired) electrons. The minimum atomic E-state index is -0.630. The van der Waals surface area contributed by atoms with Gasteiger partial charge in [0.15, 0.2) is 0 Å². The van der Waals surface area contributed by atoms with Crippen LogP contribution in [0, 0.1) is 5.41 Å². The number of imide groups is 1. The first-order chi connectivity index (χ1) is 7.55. The average molecular weight is 224 g/mol. The van der Waals surface area contributed by atoms with Crippen molar-refractivity contribution in [2.45, 2.75) is 38.5 Å². The predicted molar refractivity (Wildman–Crippen MR) is 56.0 cm³/mol. The van der Waals surface area contributed by atoms with Gasteiger partial charge in [0.1, 0.15) is 6.54 Å². The zero-order chi connectivity index (χ0) is 11.8. The Morgan fingerprint density at radius 3 is 2.44 bits per heavy atom. The van der Waals surface area contributed by atoms with Crippen molar-refractivity contribution < 1.29 is 14.4 Å². The number of carbonyl (C=O) groups excluding carboxylic acids is 3. The molecule has 1 spiro atoms. The van der Waals surface area contributed by atoms with Crippen LogP contribution in [0.5, 0.6) is 0 Å². The van der Waals surface area contributed by atoms with Gasteiger partial charge in [0.05, 0.1) is 5.41 Å². The molecule has 1 aliphatic heterocycles. The molecule has 3 amide bonds. The number of likely N-dealkylation sites (tertiary alicyclic amines) is 1. The summed E-state index contributed by atoms with van der Waals surface area (Å²) in [6, 6.07) is 0. The van der Waals surface area contributed by atoms with Crippen LogP contribution in [0.4, 0.5) is 0 Å². The molecule has 16 heavy (non-hydrogen) atoms. The standard InChI is InChI=1S/C11H16N2O3/c12-8(14)7-13-9(15)6-11(10(13)16)4-2-1-3-5-11/h1-7H2,(H2,12,14). The van der Waals surface area contributed by atoms with E-state index in [2.05, 4.69) is 0 Å². The monoisotopic (exact) mass is 224 g/mol. The molecule has 88 valence electrons. The van der Waals surface area contributed by atoms with Crippen LogP contribution >= 0.6 is 0 Å². The fraction of sp³-hybridized carbons (Fsp3) is 0.727. The summed E-state index contributed by atoms with van der Waals surface area (Å²) in [6.45, 7) is -0.264. The smallest absolute Gasteiger partial charge is 0.237 e. The maximum Gasteiger partial charge on any atom is 0.237 e. The van der Waals surface area contributed by atoms with Gasteiger partial charge < -0.3 is 5.73 Å². The van der Waals surface area contributed by atoms with Crippen molar-refractivity contribution in [3.8, 4) is 0 Å². The zero-order valence-corrected chi connectivity index (χ0v) is 9.20. The van der Waals surface area contributed by atoms with Gasteiger partial charge in [-0.1, -0.05) is 19.3 Å². The van der Waals surface area contributed by atoms with Crippen molar-refractivity contribution in [3.05, 3.63) is 0 Å². The maximum atomic E-state index is 12.1. The van der Waals surface area contributed by atoms with Crippen molar-refractivity contribution >= 4 is 17.7 Å². The molecule has 5 heteroatoms. The Morgan fingerprint density at radius 2 is 1.88 bits per heavy atom. The molecule has 0 aromatic carbocycles. The lowest BCUT2D eigenvalue weighted by Gasteiger charge is -2.30. The molecule has 1 saturated carbocycles. The highest BCUT2D eigenvalue weighted by Gasteiger charge is 2.51. The van der Waals surface area contributed by atoms with Crippen LogP contribution in [0.2, 0.25) is 0 Å². The molecule has 0 bridgehead atoms. The number of nitrogens with two attached hydrogens (primary N) is 1. The highest BCUT2D eigenvalue weighted by Crippen LogP contribution is 2.45. The summed E-state index contributed by atoms with van der Waals surface area (Å²) in [5.74, 6) is -1.06. The molecular weight excluding hydrogens is 208 g/mol. The highest BCUT2D eigenvalue weighted by atomic mass is 16.2. The number of amides is 3. The molecule has 2 fully saturated rings. The largest absolute Gasteiger partial charge is 0.368 e. The summed E-state index contributed by atoms with van der Waals surface area (Å²) in [5.41, 5.74) is 4.52. The Balaban J connectivity index is 2.17. The van der Waals surface area contributed by atoms with Crippen LogP contribution in [0.25, 0.3) is 0 Å². The van der Waals surface area contributed by atoms with Gasteiger partial charge in [-0.3, -0.25) is 19.3 Å². The fourth-order valence-electron chi connectivity index (χ4n) is 2.80. The van der Waals surface area contributed by atoms with Gasteiger partial charge in [0.25, 0.3) is 0 Å². The number of hydrogen-bond acceptors (Lipinski definition) is 3. The predicted octanol–water partition coefficient (Wildman–Crippen LogP) is 0.181. The lowest BCUT2D eigenvalue weighted by atomic mass is 9.73. The van der Waals surface area contributed by atoms with E-state index in [9.17, 15) is 14.4 Å². The van der Waals surface area contributed by atoms with Crippen molar-refractivity contribution in [1.82, 2.24) is 4.90 Å². The summed E-state index contributed by atoms with van der Waals surface area (Å²) in [7, 11) is 0. The molecule has 1 heterocycles. The number of hydrogen-bond donors (Lipinski definition) is 1. The summed E-state index contributed by atoms with van der Waals surface area (Å²) in [6.07, 6.45) is 4.91. The van der Waals surface area contributed by atoms with E-state index >= 15 is 0 Å². The minimum absolute atomic E-state index is 0.184. The number of nitrogens with zero attached hydrogens (tertiary/aromatic N) is 1. The van der Waals surface area contributed by atoms with E-state index in [0.717, 1.165) is 37.0 Å². The Kier molecular flexibility index (Phi) is 2.69. The average Bonchev–Trinajstić information content (AvgIpc) is 2.44. The van der Waals surface area contributed by atoms with Crippen molar-refractivity contribution in [2.75, 3.05) is 6.54 Å². The highest BCUT2D eigenvalue weighted by molar-refractivity contribution is 6.07. The van der Waals surface area contributed by atoms with Gasteiger partial charge in [0.2, 0.25) is 17.7 Å². The van der Waals surface area contributed by atoms with E-state index in [-0.39, 0.29) is 24.8 Å². The first-order valence-corrected chi connectivity index (χ1v) is 5.68. The van der Waals surface area contributed by atoms with Gasteiger partial charge in [0, 0.05) is 6.42 Å². The second kappa shape index (κ2) is 3.88. The lowest BCUT2D eigenvalue weighted by molar-refractivity contribution is -0.144. The molecule has 0 aromatic rings. The van der Waals surface area contributed by atoms with Crippen LogP contribution in [0.3, 0.4) is 0 Å². The van der Waals surface area contributed by atoms with Gasteiger partial charge in [-0.05, 0) is 12.8 Å². The Labute approximate surface area is 94.0 Å². The van der Waals surface area contributed by atoms with Crippen LogP contribution in [0.15, 0.2) is 0 Å². The second-order valence-corrected chi connectivity index (χ2v) is 4.77. The summed E-state index contributed by atoms with van der Waals surface area (Å²) >= 11 is 0. The first kappa shape index (κ1) is 11.1. The zero-order valence-electron chi connectivity index (χ0n) is 9.20. The van der Waals surface area contributed by atoms with E-state index in [1.807, 2.05) is 0 Å². The van der Waals surface area contributed by atoms with Crippen molar-refractivity contribution in [2.24, 2.45) is 11.1 Å². The topological polar surface area (TPSA) is 80.5 Å². The van der Waals surface area contributed by atoms with Crippen molar-refractivity contribution in [1.29, 1.82) is 0 Å². The molecule has 0 unspecified atom stereocenters. The third kappa shape index (κ3) is 1.70. The molecule has 0 atom stereocenters.